The third-order valence-corrected chi connectivity index (χ3v) is 7.64. The Morgan fingerprint density at radius 1 is 1.03 bits per heavy atom. The fourth-order valence-corrected chi connectivity index (χ4v) is 5.59. The molecule has 0 aliphatic carbocycles. The summed E-state index contributed by atoms with van der Waals surface area (Å²) in [6.07, 6.45) is 1.71. The molecule has 180 valence electrons. The first-order valence-corrected chi connectivity index (χ1v) is 12.9. The highest BCUT2D eigenvalue weighted by Gasteiger charge is 2.23. The van der Waals surface area contributed by atoms with Gasteiger partial charge in [0, 0.05) is 41.2 Å². The number of aromatic hydroxyl groups is 1. The van der Waals surface area contributed by atoms with E-state index in [0.717, 1.165) is 23.6 Å². The van der Waals surface area contributed by atoms with Gasteiger partial charge in [-0.15, -0.1) is 10.2 Å². The fraction of sp³-hybridized carbons (Fsp3) is 0.231. The molecule has 2 heterocycles. The summed E-state index contributed by atoms with van der Waals surface area (Å²) in [5, 5.41) is 23.5. The van der Waals surface area contributed by atoms with Crippen LogP contribution in [-0.2, 0) is 14.8 Å². The minimum atomic E-state index is -3.73. The number of hydrogen-bond acceptors (Lipinski definition) is 7. The van der Waals surface area contributed by atoms with Crippen molar-refractivity contribution >= 4 is 32.3 Å². The Labute approximate surface area is 204 Å². The Balaban J connectivity index is 1.51. The number of hydrogen-bond donors (Lipinski definition) is 3. The minimum absolute atomic E-state index is 0.0883. The number of nitrogens with zero attached hydrogens (tertiary/aromatic N) is 2. The predicted molar refractivity (Wildman–Crippen MR) is 135 cm³/mol. The number of sulfonamides is 1. The number of phenols is 1. The van der Waals surface area contributed by atoms with Crippen molar-refractivity contribution in [2.45, 2.75) is 30.8 Å². The predicted octanol–water partition coefficient (Wildman–Crippen LogP) is 4.51. The van der Waals surface area contributed by atoms with Crippen LogP contribution in [0.1, 0.15) is 18.4 Å². The standard InChI is InChI=1S/C26H26N4O4S/c1-17-11-12-18(14-24(17)35(32,33)27-16-21-8-5-13-34-21)25-22-9-2-3-10-23(22)26(30-29-25)28-19-6-4-7-20(31)15-19/h2-4,6-7,9-12,14-15,21,27,31H,5,8,13,16H2,1H3,(H,28,30)/t21-/m1/s1. The second kappa shape index (κ2) is 9.61. The number of rotatable bonds is 7. The van der Waals surface area contributed by atoms with E-state index in [1.807, 2.05) is 36.4 Å². The van der Waals surface area contributed by atoms with E-state index in [4.69, 9.17) is 4.74 Å². The van der Waals surface area contributed by atoms with Crippen LogP contribution in [-0.4, -0.2) is 43.0 Å². The van der Waals surface area contributed by atoms with Crippen LogP contribution in [0.2, 0.25) is 0 Å². The molecule has 1 aromatic heterocycles. The van der Waals surface area contributed by atoms with E-state index in [-0.39, 0.29) is 23.3 Å². The fourth-order valence-electron chi connectivity index (χ4n) is 4.25. The van der Waals surface area contributed by atoms with E-state index in [2.05, 4.69) is 20.2 Å². The van der Waals surface area contributed by atoms with Crippen molar-refractivity contribution in [3.05, 3.63) is 72.3 Å². The molecule has 1 atom stereocenters. The maximum absolute atomic E-state index is 13.1. The van der Waals surface area contributed by atoms with E-state index in [9.17, 15) is 13.5 Å². The maximum atomic E-state index is 13.1. The molecule has 3 aromatic carbocycles. The number of anilines is 2. The molecule has 9 heteroatoms. The van der Waals surface area contributed by atoms with Gasteiger partial charge >= 0.3 is 0 Å². The van der Waals surface area contributed by atoms with Crippen molar-refractivity contribution in [2.24, 2.45) is 0 Å². The zero-order valence-corrected chi connectivity index (χ0v) is 20.0. The Kier molecular flexibility index (Phi) is 6.38. The van der Waals surface area contributed by atoms with Gasteiger partial charge in [0.05, 0.1) is 11.0 Å². The number of aryl methyl sites for hydroxylation is 1. The number of nitrogens with one attached hydrogen (secondary N) is 2. The van der Waals surface area contributed by atoms with Crippen LogP contribution in [0, 0.1) is 6.92 Å². The van der Waals surface area contributed by atoms with Gasteiger partial charge in [0.15, 0.2) is 5.82 Å². The summed E-state index contributed by atoms with van der Waals surface area (Å²) >= 11 is 0. The Bertz CT molecular complexity index is 1480. The molecule has 0 amide bonds. The van der Waals surface area contributed by atoms with Crippen LogP contribution in [0.5, 0.6) is 5.75 Å². The smallest absolute Gasteiger partial charge is 0.240 e. The summed E-state index contributed by atoms with van der Waals surface area (Å²) in [6, 6.07) is 19.7. The molecule has 0 unspecified atom stereocenters. The largest absolute Gasteiger partial charge is 0.508 e. The number of aromatic nitrogens is 2. The quantitative estimate of drug-likeness (QED) is 0.349. The average Bonchev–Trinajstić information content (AvgIpc) is 3.37. The van der Waals surface area contributed by atoms with Gasteiger partial charge in [-0.3, -0.25) is 0 Å². The Morgan fingerprint density at radius 3 is 2.63 bits per heavy atom. The van der Waals surface area contributed by atoms with Crippen molar-refractivity contribution in [3.8, 4) is 17.0 Å². The second-order valence-electron chi connectivity index (χ2n) is 8.59. The highest BCUT2D eigenvalue weighted by molar-refractivity contribution is 7.89. The normalized spacial score (nSPS) is 16.0. The van der Waals surface area contributed by atoms with E-state index < -0.39 is 10.0 Å². The molecule has 1 fully saturated rings. The Hall–Kier alpha value is -3.53. The van der Waals surface area contributed by atoms with Gasteiger partial charge in [-0.25, -0.2) is 13.1 Å². The summed E-state index contributed by atoms with van der Waals surface area (Å²) in [7, 11) is -3.73. The molecule has 0 bridgehead atoms. The van der Waals surface area contributed by atoms with Crippen molar-refractivity contribution in [1.82, 2.24) is 14.9 Å². The van der Waals surface area contributed by atoms with Crippen molar-refractivity contribution < 1.29 is 18.3 Å². The van der Waals surface area contributed by atoms with Gasteiger partial charge in [0.2, 0.25) is 10.0 Å². The van der Waals surface area contributed by atoms with Gasteiger partial charge in [-0.05, 0) is 43.5 Å². The summed E-state index contributed by atoms with van der Waals surface area (Å²) in [5.41, 5.74) is 2.56. The summed E-state index contributed by atoms with van der Waals surface area (Å²) < 4.78 is 34.5. The molecule has 1 saturated heterocycles. The monoisotopic (exact) mass is 490 g/mol. The van der Waals surface area contributed by atoms with Gasteiger partial charge in [0.25, 0.3) is 0 Å². The van der Waals surface area contributed by atoms with Crippen LogP contribution in [0.25, 0.3) is 22.0 Å². The lowest BCUT2D eigenvalue weighted by atomic mass is 10.0. The maximum Gasteiger partial charge on any atom is 0.240 e. The minimum Gasteiger partial charge on any atom is -0.508 e. The first-order chi connectivity index (χ1) is 16.9. The third kappa shape index (κ3) is 4.97. The molecule has 0 saturated carbocycles. The van der Waals surface area contributed by atoms with Crippen LogP contribution in [0.15, 0.2) is 71.6 Å². The van der Waals surface area contributed by atoms with Gasteiger partial charge < -0.3 is 15.2 Å². The van der Waals surface area contributed by atoms with Crippen molar-refractivity contribution in [1.29, 1.82) is 0 Å². The molecule has 3 N–H and O–H groups in total. The second-order valence-corrected chi connectivity index (χ2v) is 10.3. The first kappa shape index (κ1) is 23.2. The molecule has 5 rings (SSSR count). The van der Waals surface area contributed by atoms with Gasteiger partial charge in [0.1, 0.15) is 11.4 Å². The lowest BCUT2D eigenvalue weighted by Crippen LogP contribution is -2.32. The molecule has 0 spiro atoms. The number of fused-ring (bicyclic) bond motifs is 1. The zero-order chi connectivity index (χ0) is 24.4. The lowest BCUT2D eigenvalue weighted by Gasteiger charge is -2.15. The average molecular weight is 491 g/mol. The van der Waals surface area contributed by atoms with Crippen molar-refractivity contribution in [2.75, 3.05) is 18.5 Å². The van der Waals surface area contributed by atoms with Crippen LogP contribution >= 0.6 is 0 Å². The highest BCUT2D eigenvalue weighted by atomic mass is 32.2. The molecular formula is C26H26N4O4S. The summed E-state index contributed by atoms with van der Waals surface area (Å²) in [4.78, 5) is 0.209. The van der Waals surface area contributed by atoms with E-state index in [1.165, 1.54) is 0 Å². The molecule has 1 aliphatic rings. The van der Waals surface area contributed by atoms with Gasteiger partial charge in [-0.2, -0.15) is 0 Å². The van der Waals surface area contributed by atoms with Gasteiger partial charge in [-0.1, -0.05) is 42.5 Å². The third-order valence-electron chi connectivity index (χ3n) is 6.07. The highest BCUT2D eigenvalue weighted by Crippen LogP contribution is 2.33. The molecule has 8 nitrogen and oxygen atoms in total. The van der Waals surface area contributed by atoms with E-state index >= 15 is 0 Å². The van der Waals surface area contributed by atoms with E-state index in [1.54, 1.807) is 37.3 Å². The van der Waals surface area contributed by atoms with Crippen molar-refractivity contribution in [3.63, 3.8) is 0 Å². The van der Waals surface area contributed by atoms with E-state index in [0.29, 0.717) is 34.9 Å². The molecule has 35 heavy (non-hydrogen) atoms. The van der Waals surface area contributed by atoms with Crippen LogP contribution in [0.4, 0.5) is 11.5 Å². The van der Waals surface area contributed by atoms with Crippen LogP contribution in [0.3, 0.4) is 0 Å². The molecule has 4 aromatic rings. The van der Waals surface area contributed by atoms with Crippen LogP contribution < -0.4 is 10.0 Å². The molecular weight excluding hydrogens is 464 g/mol. The topological polar surface area (TPSA) is 113 Å². The SMILES string of the molecule is Cc1ccc(-c2nnc(Nc3cccc(O)c3)c3ccccc23)cc1S(=O)(=O)NC[C@H]1CCCO1. The lowest BCUT2D eigenvalue weighted by molar-refractivity contribution is 0.114. The number of benzene rings is 3. The Morgan fingerprint density at radius 2 is 1.86 bits per heavy atom. The number of phenolic OH excluding ortho intramolecular Hbond substituents is 1. The zero-order valence-electron chi connectivity index (χ0n) is 19.2. The number of ether oxygens (including phenoxy) is 1. The first-order valence-electron chi connectivity index (χ1n) is 11.4. The summed E-state index contributed by atoms with van der Waals surface area (Å²) in [6.45, 7) is 2.70. The molecule has 0 radical (unpaired) electrons. The molecule has 1 aliphatic heterocycles. The summed E-state index contributed by atoms with van der Waals surface area (Å²) in [5.74, 6) is 0.679.